The molecule has 0 aliphatic carbocycles. The van der Waals surface area contributed by atoms with Gasteiger partial charge >= 0.3 is 18.3 Å². The number of carbonyl (C=O) groups is 4. The summed E-state index contributed by atoms with van der Waals surface area (Å²) in [5.41, 5.74) is 7.35. The average Bonchev–Trinajstić information content (AvgIpc) is 3.13. The van der Waals surface area contributed by atoms with Gasteiger partial charge < -0.3 is 21.1 Å². The first-order valence-corrected chi connectivity index (χ1v) is 9.16. The molecule has 0 radical (unpaired) electrons. The number of halogens is 1. The van der Waals surface area contributed by atoms with Crippen LogP contribution >= 0.6 is 15.9 Å². The third kappa shape index (κ3) is 5.20. The number of piperidine rings is 1. The molecule has 144 valence electrons. The van der Waals surface area contributed by atoms with E-state index in [9.17, 15) is 19.2 Å². The zero-order valence-electron chi connectivity index (χ0n) is 14.1. The topological polar surface area (TPSA) is 160 Å². The summed E-state index contributed by atoms with van der Waals surface area (Å²) in [5, 5.41) is 20.3. The van der Waals surface area contributed by atoms with Crippen LogP contribution in [0.25, 0.3) is 5.53 Å². The van der Waals surface area contributed by atoms with Crippen LogP contribution in [0.5, 0.6) is 0 Å². The van der Waals surface area contributed by atoms with Crippen molar-refractivity contribution in [1.82, 2.24) is 10.2 Å². The van der Waals surface area contributed by atoms with Crippen molar-refractivity contribution in [2.45, 2.75) is 31.7 Å². The standard InChI is InChI=1S/C9H12BrN3O2.C6H9NO4/c10-5-7(14)9(8(15)6-13-11)1-3-12-4-2-9;8-5(9)4-2-1-3-7(4)6(10)11/h6,12H,1-5H2;4H,1-3H2,(H,8,9)(H,10,11). The zero-order valence-corrected chi connectivity index (χ0v) is 15.6. The average molecular weight is 433 g/mol. The Hall–Kier alpha value is -2.10. The molecular weight excluding hydrogens is 412 g/mol. The van der Waals surface area contributed by atoms with E-state index in [0.29, 0.717) is 45.3 Å². The highest BCUT2D eigenvalue weighted by Crippen LogP contribution is 2.31. The van der Waals surface area contributed by atoms with Crippen LogP contribution < -0.4 is 5.32 Å². The number of nitrogens with one attached hydrogen (secondary N) is 1. The number of carbonyl (C=O) groups excluding carboxylic acids is 2. The molecule has 2 aliphatic heterocycles. The molecule has 0 bridgehead atoms. The van der Waals surface area contributed by atoms with Gasteiger partial charge in [-0.3, -0.25) is 14.5 Å². The lowest BCUT2D eigenvalue weighted by Gasteiger charge is -2.31. The van der Waals surface area contributed by atoms with Crippen molar-refractivity contribution in [3.05, 3.63) is 5.53 Å². The molecule has 3 N–H and O–H groups in total. The van der Waals surface area contributed by atoms with Crippen LogP contribution in [0.1, 0.15) is 25.7 Å². The van der Waals surface area contributed by atoms with Crippen LogP contribution in [0.15, 0.2) is 0 Å². The maximum atomic E-state index is 11.8. The third-order valence-corrected chi connectivity index (χ3v) is 5.05. The van der Waals surface area contributed by atoms with Gasteiger partial charge in [0.25, 0.3) is 0 Å². The number of hydrogen-bond donors (Lipinski definition) is 3. The summed E-state index contributed by atoms with van der Waals surface area (Å²) in [6.07, 6.45) is 1.68. The number of aliphatic carboxylic acids is 1. The number of hydrogen-bond acceptors (Lipinski definition) is 5. The van der Waals surface area contributed by atoms with Gasteiger partial charge in [-0.05, 0) is 38.8 Å². The van der Waals surface area contributed by atoms with Gasteiger partial charge in [0, 0.05) is 6.54 Å². The molecule has 2 heterocycles. The second-order valence-corrected chi connectivity index (χ2v) is 6.53. The zero-order chi connectivity index (χ0) is 19.7. The molecule has 0 aromatic rings. The highest BCUT2D eigenvalue weighted by Gasteiger charge is 2.46. The fourth-order valence-electron chi connectivity index (χ4n) is 3.07. The summed E-state index contributed by atoms with van der Waals surface area (Å²) in [5.74, 6) is -1.60. The Morgan fingerprint density at radius 3 is 2.31 bits per heavy atom. The molecule has 1 atom stereocenters. The largest absolute Gasteiger partial charge is 0.480 e. The van der Waals surface area contributed by atoms with Gasteiger partial charge in [-0.1, -0.05) is 15.9 Å². The predicted octanol–water partition coefficient (Wildman–Crippen LogP) is 0.403. The molecular formula is C15H21BrN4O6. The SMILES string of the molecule is O=C(O)C1CCCN1C(=O)O.[N-]=[N+]=CC(=O)C1(C(=O)CBr)CCNCC1. The molecule has 2 saturated heterocycles. The Morgan fingerprint density at radius 1 is 1.27 bits per heavy atom. The van der Waals surface area contributed by atoms with E-state index >= 15 is 0 Å². The lowest BCUT2D eigenvalue weighted by Crippen LogP contribution is -2.48. The van der Waals surface area contributed by atoms with Crippen molar-refractivity contribution in [3.63, 3.8) is 0 Å². The van der Waals surface area contributed by atoms with Gasteiger partial charge in [0.1, 0.15) is 11.5 Å². The van der Waals surface area contributed by atoms with Crippen LogP contribution in [-0.2, 0) is 14.4 Å². The molecule has 0 saturated carbocycles. The van der Waals surface area contributed by atoms with Crippen LogP contribution in [0.2, 0.25) is 0 Å². The first kappa shape index (κ1) is 21.9. The van der Waals surface area contributed by atoms with E-state index in [0.717, 1.165) is 11.1 Å². The van der Waals surface area contributed by atoms with E-state index in [4.69, 9.17) is 15.7 Å². The van der Waals surface area contributed by atoms with Gasteiger partial charge in [0.2, 0.25) is 5.78 Å². The monoisotopic (exact) mass is 432 g/mol. The number of carboxylic acid groups (broad SMARTS) is 2. The quantitative estimate of drug-likeness (QED) is 0.186. The summed E-state index contributed by atoms with van der Waals surface area (Å²) in [6, 6.07) is -0.826. The van der Waals surface area contributed by atoms with Crippen molar-refractivity contribution in [2.75, 3.05) is 25.0 Å². The van der Waals surface area contributed by atoms with E-state index in [1.165, 1.54) is 0 Å². The third-order valence-electron chi connectivity index (χ3n) is 4.54. The lowest BCUT2D eigenvalue weighted by molar-refractivity contribution is -0.141. The van der Waals surface area contributed by atoms with Gasteiger partial charge in [0.05, 0.1) is 5.33 Å². The summed E-state index contributed by atoms with van der Waals surface area (Å²) in [4.78, 5) is 48.0. The van der Waals surface area contributed by atoms with Gasteiger partial charge in [-0.15, -0.1) is 0 Å². The predicted molar refractivity (Wildman–Crippen MR) is 93.4 cm³/mol. The Labute approximate surface area is 158 Å². The van der Waals surface area contributed by atoms with E-state index in [-0.39, 0.29) is 11.1 Å². The molecule has 2 aliphatic rings. The molecule has 0 aromatic carbocycles. The minimum atomic E-state index is -1.14. The van der Waals surface area contributed by atoms with Crippen LogP contribution in [0, 0.1) is 5.41 Å². The number of Topliss-reactive ketones (excluding diaryl/α,β-unsaturated/α-hetero) is 2. The summed E-state index contributed by atoms with van der Waals surface area (Å²) >= 11 is 3.08. The number of rotatable bonds is 5. The first-order valence-electron chi connectivity index (χ1n) is 8.04. The highest BCUT2D eigenvalue weighted by molar-refractivity contribution is 9.09. The maximum Gasteiger partial charge on any atom is 0.408 e. The van der Waals surface area contributed by atoms with Crippen LogP contribution in [0.3, 0.4) is 0 Å². The Kier molecular flexibility index (Phi) is 8.56. The molecule has 1 amide bonds. The van der Waals surface area contributed by atoms with E-state index in [2.05, 4.69) is 26.0 Å². The summed E-state index contributed by atoms with van der Waals surface area (Å²) < 4.78 is 0. The Balaban J connectivity index is 0.000000273. The summed E-state index contributed by atoms with van der Waals surface area (Å²) in [7, 11) is 0. The van der Waals surface area contributed by atoms with Crippen LogP contribution in [-0.4, -0.2) is 80.8 Å². The second-order valence-electron chi connectivity index (χ2n) is 5.97. The number of amides is 1. The fourth-order valence-corrected chi connectivity index (χ4v) is 3.61. The minimum Gasteiger partial charge on any atom is -0.480 e. The van der Waals surface area contributed by atoms with E-state index in [1.54, 1.807) is 0 Å². The number of carboxylic acids is 1. The molecule has 26 heavy (non-hydrogen) atoms. The number of ketones is 2. The molecule has 0 aromatic heterocycles. The smallest absolute Gasteiger partial charge is 0.408 e. The van der Waals surface area contributed by atoms with Crippen molar-refractivity contribution in [1.29, 1.82) is 0 Å². The second kappa shape index (κ2) is 10.1. The highest BCUT2D eigenvalue weighted by atomic mass is 79.9. The van der Waals surface area contributed by atoms with Gasteiger partial charge in [0.15, 0.2) is 5.78 Å². The lowest BCUT2D eigenvalue weighted by atomic mass is 9.72. The Bertz CT molecular complexity index is 593. The number of alkyl halides is 1. The van der Waals surface area contributed by atoms with E-state index in [1.807, 2.05) is 0 Å². The molecule has 11 heteroatoms. The molecule has 0 spiro atoms. The molecule has 10 nitrogen and oxygen atoms in total. The van der Waals surface area contributed by atoms with Crippen molar-refractivity contribution < 1.29 is 34.2 Å². The molecule has 1 unspecified atom stereocenters. The maximum absolute atomic E-state index is 11.8. The summed E-state index contributed by atoms with van der Waals surface area (Å²) in [6.45, 7) is 1.60. The first-order chi connectivity index (χ1) is 12.3. The van der Waals surface area contributed by atoms with Crippen LogP contribution in [0.4, 0.5) is 4.79 Å². The van der Waals surface area contributed by atoms with Crippen molar-refractivity contribution >= 4 is 45.8 Å². The van der Waals surface area contributed by atoms with E-state index < -0.39 is 29.3 Å². The molecule has 2 rings (SSSR count). The van der Waals surface area contributed by atoms with Crippen molar-refractivity contribution in [3.8, 4) is 0 Å². The van der Waals surface area contributed by atoms with Gasteiger partial charge in [-0.25, -0.2) is 9.59 Å². The minimum absolute atomic E-state index is 0.145. The van der Waals surface area contributed by atoms with Gasteiger partial charge in [-0.2, -0.15) is 4.79 Å². The molecule has 2 fully saturated rings. The normalized spacial score (nSPS) is 21.0. The fraction of sp³-hybridized carbons (Fsp3) is 0.667. The number of nitrogens with zero attached hydrogens (tertiary/aromatic N) is 3. The number of likely N-dealkylation sites (tertiary alicyclic amines) is 1. The van der Waals surface area contributed by atoms with Crippen molar-refractivity contribution in [2.24, 2.45) is 5.41 Å². The Morgan fingerprint density at radius 2 is 1.88 bits per heavy atom.